The van der Waals surface area contributed by atoms with E-state index in [9.17, 15) is 27.3 Å². The maximum Gasteiger partial charge on any atom is 0.387 e. The van der Waals surface area contributed by atoms with Gasteiger partial charge in [0.25, 0.3) is 15.7 Å². The summed E-state index contributed by atoms with van der Waals surface area (Å²) in [6.45, 7) is -1.77. The van der Waals surface area contributed by atoms with E-state index < -0.39 is 21.6 Å². The number of rotatable bonds is 6. The minimum absolute atomic E-state index is 0.0162. The predicted molar refractivity (Wildman–Crippen MR) is 86.7 cm³/mol. The zero-order valence-corrected chi connectivity index (χ0v) is 14.1. The molecule has 0 aliphatic rings. The van der Waals surface area contributed by atoms with Crippen molar-refractivity contribution in [3.63, 3.8) is 0 Å². The number of nitro groups is 1. The van der Waals surface area contributed by atoms with Crippen molar-refractivity contribution in [3.05, 3.63) is 57.1 Å². The monoisotopic (exact) mass is 392 g/mol. The highest BCUT2D eigenvalue weighted by atomic mass is 35.5. The maximum atomic E-state index is 12.4. The van der Waals surface area contributed by atoms with Crippen LogP contribution in [0.15, 0.2) is 41.3 Å². The number of ether oxygens (including phenoxy) is 1. The van der Waals surface area contributed by atoms with Crippen LogP contribution in [0.3, 0.4) is 0 Å². The Bertz CT molecular complexity index is 921. The Morgan fingerprint density at radius 1 is 1.28 bits per heavy atom. The van der Waals surface area contributed by atoms with Gasteiger partial charge in [0.2, 0.25) is 0 Å². The lowest BCUT2D eigenvalue weighted by molar-refractivity contribution is -0.385. The van der Waals surface area contributed by atoms with Crippen LogP contribution in [0.5, 0.6) is 5.75 Å². The third kappa shape index (κ3) is 4.34. The van der Waals surface area contributed by atoms with Gasteiger partial charge in [0.05, 0.1) is 20.5 Å². The smallest absolute Gasteiger partial charge is 0.387 e. The van der Waals surface area contributed by atoms with Crippen molar-refractivity contribution < 1.29 is 26.9 Å². The van der Waals surface area contributed by atoms with E-state index in [-0.39, 0.29) is 32.6 Å². The molecular weight excluding hydrogens is 382 g/mol. The van der Waals surface area contributed by atoms with E-state index in [0.29, 0.717) is 0 Å². The summed E-state index contributed by atoms with van der Waals surface area (Å²) in [5.74, 6) is -0.314. The van der Waals surface area contributed by atoms with Gasteiger partial charge in [0.1, 0.15) is 5.75 Å². The van der Waals surface area contributed by atoms with Gasteiger partial charge in [-0.25, -0.2) is 8.42 Å². The third-order valence-electron chi connectivity index (χ3n) is 3.14. The molecule has 0 unspecified atom stereocenters. The summed E-state index contributed by atoms with van der Waals surface area (Å²) in [7, 11) is -4.15. The summed E-state index contributed by atoms with van der Waals surface area (Å²) >= 11 is 5.76. The van der Waals surface area contributed by atoms with Gasteiger partial charge in [0.15, 0.2) is 0 Å². The fourth-order valence-corrected chi connectivity index (χ4v) is 3.60. The maximum absolute atomic E-state index is 12.4. The van der Waals surface area contributed by atoms with E-state index in [1.807, 2.05) is 0 Å². The summed E-state index contributed by atoms with van der Waals surface area (Å²) in [5.41, 5.74) is -0.400. The molecule has 0 aliphatic carbocycles. The Morgan fingerprint density at radius 2 is 1.96 bits per heavy atom. The molecule has 0 heterocycles. The molecule has 2 rings (SSSR count). The van der Waals surface area contributed by atoms with E-state index in [4.69, 9.17) is 11.6 Å². The largest absolute Gasteiger partial charge is 0.433 e. The van der Waals surface area contributed by atoms with Crippen molar-refractivity contribution in [2.45, 2.75) is 18.4 Å². The molecule has 0 saturated heterocycles. The molecule has 0 atom stereocenters. The van der Waals surface area contributed by atoms with Crippen LogP contribution in [0.1, 0.15) is 5.56 Å². The second kappa shape index (κ2) is 7.19. The number of nitrogens with one attached hydrogen (secondary N) is 1. The van der Waals surface area contributed by atoms with Crippen LogP contribution in [0.25, 0.3) is 0 Å². The normalized spacial score (nSPS) is 11.4. The molecule has 0 aliphatic heterocycles. The zero-order chi connectivity index (χ0) is 18.8. The van der Waals surface area contributed by atoms with Crippen LogP contribution < -0.4 is 9.46 Å². The van der Waals surface area contributed by atoms with Gasteiger partial charge < -0.3 is 4.74 Å². The summed E-state index contributed by atoms with van der Waals surface area (Å²) < 4.78 is 55.6. The standard InChI is InChI=1S/C14H11ClF2N2O5S/c1-8-11(19(20)21)3-2-4-13(8)25(22,23)18-9-5-6-12(10(15)7-9)24-14(16)17/h2-7,14,18H,1H3. The highest BCUT2D eigenvalue weighted by Gasteiger charge is 2.23. The average Bonchev–Trinajstić information content (AvgIpc) is 2.49. The number of nitro benzene ring substituents is 1. The number of halogens is 3. The summed E-state index contributed by atoms with van der Waals surface area (Å²) in [6, 6.07) is 6.97. The quantitative estimate of drug-likeness (QED) is 0.592. The van der Waals surface area contributed by atoms with Gasteiger partial charge in [-0.05, 0) is 31.2 Å². The molecule has 2 aromatic carbocycles. The molecule has 0 bridgehead atoms. The summed E-state index contributed by atoms with van der Waals surface area (Å²) in [5, 5.41) is 10.7. The number of benzene rings is 2. The van der Waals surface area contributed by atoms with Crippen molar-refractivity contribution >= 4 is 33.0 Å². The van der Waals surface area contributed by atoms with Crippen molar-refractivity contribution in [3.8, 4) is 5.75 Å². The molecule has 0 aromatic heterocycles. The molecule has 1 N–H and O–H groups in total. The predicted octanol–water partition coefficient (Wildman–Crippen LogP) is 3.96. The Balaban J connectivity index is 2.35. The number of hydrogen-bond acceptors (Lipinski definition) is 5. The lowest BCUT2D eigenvalue weighted by Crippen LogP contribution is -2.15. The molecule has 0 fully saturated rings. The molecule has 0 amide bonds. The van der Waals surface area contributed by atoms with Gasteiger partial charge in [-0.2, -0.15) is 8.78 Å². The van der Waals surface area contributed by atoms with Crippen LogP contribution in [0.2, 0.25) is 5.02 Å². The number of anilines is 1. The van der Waals surface area contributed by atoms with E-state index in [2.05, 4.69) is 9.46 Å². The average molecular weight is 393 g/mol. The second-order valence-corrected chi connectivity index (χ2v) is 6.84. The fourth-order valence-electron chi connectivity index (χ4n) is 2.06. The Hall–Kier alpha value is -2.46. The van der Waals surface area contributed by atoms with Crippen molar-refractivity contribution in [1.82, 2.24) is 0 Å². The Morgan fingerprint density at radius 3 is 2.52 bits per heavy atom. The molecule has 2 aromatic rings. The second-order valence-electron chi connectivity index (χ2n) is 4.79. The first kappa shape index (κ1) is 18.9. The SMILES string of the molecule is Cc1c([N+](=O)[O-])cccc1S(=O)(=O)Nc1ccc(OC(F)F)c(Cl)c1. The van der Waals surface area contributed by atoms with Gasteiger partial charge in [-0.15, -0.1) is 0 Å². The van der Waals surface area contributed by atoms with E-state index in [1.54, 1.807) is 0 Å². The first-order chi connectivity index (χ1) is 11.6. The Kier molecular flexibility index (Phi) is 5.43. The van der Waals surface area contributed by atoms with Crippen LogP contribution in [0.4, 0.5) is 20.2 Å². The first-order valence-electron chi connectivity index (χ1n) is 6.63. The molecule has 134 valence electrons. The number of hydrogen-bond donors (Lipinski definition) is 1. The van der Waals surface area contributed by atoms with E-state index in [0.717, 1.165) is 12.1 Å². The van der Waals surface area contributed by atoms with E-state index >= 15 is 0 Å². The number of alkyl halides is 2. The number of nitrogens with zero attached hydrogens (tertiary/aromatic N) is 1. The molecule has 25 heavy (non-hydrogen) atoms. The number of sulfonamides is 1. The molecule has 0 spiro atoms. The fraction of sp³-hybridized carbons (Fsp3) is 0.143. The van der Waals surface area contributed by atoms with Crippen LogP contribution >= 0.6 is 11.6 Å². The van der Waals surface area contributed by atoms with Crippen molar-refractivity contribution in [2.75, 3.05) is 4.72 Å². The van der Waals surface area contributed by atoms with Crippen molar-refractivity contribution in [1.29, 1.82) is 0 Å². The van der Waals surface area contributed by atoms with Gasteiger partial charge in [-0.1, -0.05) is 17.7 Å². The first-order valence-corrected chi connectivity index (χ1v) is 8.49. The molecule has 0 radical (unpaired) electrons. The molecule has 7 nitrogen and oxygen atoms in total. The molecular formula is C14H11ClF2N2O5S. The van der Waals surface area contributed by atoms with Crippen LogP contribution in [-0.4, -0.2) is 20.0 Å². The van der Waals surface area contributed by atoms with Gasteiger partial charge >= 0.3 is 6.61 Å². The molecule has 11 heteroatoms. The minimum atomic E-state index is -4.15. The van der Waals surface area contributed by atoms with E-state index in [1.165, 1.54) is 31.2 Å². The highest BCUT2D eigenvalue weighted by molar-refractivity contribution is 7.92. The third-order valence-corrected chi connectivity index (χ3v) is 4.96. The van der Waals surface area contributed by atoms with Gasteiger partial charge in [-0.3, -0.25) is 14.8 Å². The van der Waals surface area contributed by atoms with Crippen LogP contribution in [-0.2, 0) is 10.0 Å². The van der Waals surface area contributed by atoms with Crippen LogP contribution in [0, 0.1) is 17.0 Å². The molecule has 0 saturated carbocycles. The lowest BCUT2D eigenvalue weighted by atomic mass is 10.2. The Labute approximate surface area is 146 Å². The minimum Gasteiger partial charge on any atom is -0.433 e. The van der Waals surface area contributed by atoms with Crippen molar-refractivity contribution in [2.24, 2.45) is 0 Å². The topological polar surface area (TPSA) is 98.5 Å². The lowest BCUT2D eigenvalue weighted by Gasteiger charge is -2.12. The summed E-state index contributed by atoms with van der Waals surface area (Å²) in [6.07, 6.45) is 0. The highest BCUT2D eigenvalue weighted by Crippen LogP contribution is 2.31. The van der Waals surface area contributed by atoms with Gasteiger partial charge in [0, 0.05) is 11.6 Å². The summed E-state index contributed by atoms with van der Waals surface area (Å²) in [4.78, 5) is 9.95. The zero-order valence-electron chi connectivity index (χ0n) is 12.6.